The summed E-state index contributed by atoms with van der Waals surface area (Å²) in [5, 5.41) is 4.23. The van der Waals surface area contributed by atoms with Gasteiger partial charge in [0.05, 0.1) is 41.5 Å². The highest BCUT2D eigenvalue weighted by Crippen LogP contribution is 2.30. The molecule has 1 unspecified atom stereocenters. The van der Waals surface area contributed by atoms with Crippen LogP contribution >= 0.6 is 23.1 Å². The Labute approximate surface area is 200 Å². The number of aryl methyl sites for hydroxylation is 1. The first kappa shape index (κ1) is 24.9. The standard InChI is InChI=1S/C23H27N3O5S2/c1-5-15-11-17(22(29)31-6-2)20(33-15)25-19(27)13-32-23-24-18-10-8-7-9-16(18)21(28)26(23)14(3)12-30-4/h7-11,14H,5-6,12-13H2,1-4H3,(H,25,27). The molecule has 0 aliphatic carbocycles. The normalized spacial score (nSPS) is 12.0. The molecule has 10 heteroatoms. The van der Waals surface area contributed by atoms with Crippen LogP contribution in [-0.2, 0) is 20.7 Å². The maximum absolute atomic E-state index is 13.1. The second-order valence-corrected chi connectivity index (χ2v) is 9.34. The molecular weight excluding hydrogens is 462 g/mol. The molecule has 1 amide bonds. The van der Waals surface area contributed by atoms with Crippen molar-refractivity contribution in [1.29, 1.82) is 0 Å². The van der Waals surface area contributed by atoms with Gasteiger partial charge in [-0.25, -0.2) is 9.78 Å². The number of ether oxygens (including phenoxy) is 2. The Bertz CT molecular complexity index is 1200. The number of anilines is 1. The zero-order chi connectivity index (χ0) is 24.0. The molecular formula is C23H27N3O5S2. The highest BCUT2D eigenvalue weighted by molar-refractivity contribution is 7.99. The summed E-state index contributed by atoms with van der Waals surface area (Å²) in [4.78, 5) is 43.7. The third-order valence-electron chi connectivity index (χ3n) is 4.84. The Morgan fingerprint density at radius 3 is 2.73 bits per heavy atom. The van der Waals surface area contributed by atoms with E-state index in [4.69, 9.17) is 9.47 Å². The number of aromatic nitrogens is 2. The Kier molecular flexibility index (Phi) is 8.65. The van der Waals surface area contributed by atoms with E-state index in [0.717, 1.165) is 11.3 Å². The van der Waals surface area contributed by atoms with Crippen molar-refractivity contribution in [1.82, 2.24) is 9.55 Å². The van der Waals surface area contributed by atoms with Gasteiger partial charge < -0.3 is 14.8 Å². The van der Waals surface area contributed by atoms with Crippen molar-refractivity contribution in [3.05, 3.63) is 51.1 Å². The smallest absolute Gasteiger partial charge is 0.341 e. The number of carbonyl (C=O) groups excluding carboxylic acids is 2. The molecule has 0 aliphatic rings. The summed E-state index contributed by atoms with van der Waals surface area (Å²) < 4.78 is 11.9. The molecule has 0 bridgehead atoms. The van der Waals surface area contributed by atoms with Gasteiger partial charge in [0.15, 0.2) is 5.16 Å². The first-order valence-corrected chi connectivity index (χ1v) is 12.4. The van der Waals surface area contributed by atoms with Crippen LogP contribution in [0.15, 0.2) is 40.3 Å². The third kappa shape index (κ3) is 5.82. The number of thioether (sulfide) groups is 1. The van der Waals surface area contributed by atoms with Crippen LogP contribution in [-0.4, -0.2) is 47.5 Å². The monoisotopic (exact) mass is 489 g/mol. The van der Waals surface area contributed by atoms with Gasteiger partial charge in [-0.1, -0.05) is 30.8 Å². The van der Waals surface area contributed by atoms with E-state index in [9.17, 15) is 14.4 Å². The van der Waals surface area contributed by atoms with E-state index in [1.165, 1.54) is 23.1 Å². The van der Waals surface area contributed by atoms with E-state index >= 15 is 0 Å². The van der Waals surface area contributed by atoms with E-state index in [2.05, 4.69) is 10.3 Å². The molecule has 0 fully saturated rings. The van der Waals surface area contributed by atoms with Crippen LogP contribution in [0.3, 0.4) is 0 Å². The maximum Gasteiger partial charge on any atom is 0.341 e. The second-order valence-electron chi connectivity index (χ2n) is 7.26. The molecule has 2 heterocycles. The molecule has 1 aromatic carbocycles. The van der Waals surface area contributed by atoms with Crippen molar-refractivity contribution in [2.24, 2.45) is 0 Å². The molecule has 1 atom stereocenters. The summed E-state index contributed by atoms with van der Waals surface area (Å²) in [5.41, 5.74) is 0.747. The Morgan fingerprint density at radius 1 is 1.27 bits per heavy atom. The van der Waals surface area contributed by atoms with E-state index in [1.54, 1.807) is 42.9 Å². The van der Waals surface area contributed by atoms with Crippen molar-refractivity contribution in [3.63, 3.8) is 0 Å². The first-order chi connectivity index (χ1) is 15.9. The minimum atomic E-state index is -0.463. The first-order valence-electron chi connectivity index (χ1n) is 10.6. The van der Waals surface area contributed by atoms with Crippen LogP contribution in [0.4, 0.5) is 5.00 Å². The van der Waals surface area contributed by atoms with Gasteiger partial charge in [-0.15, -0.1) is 11.3 Å². The lowest BCUT2D eigenvalue weighted by Crippen LogP contribution is -2.29. The predicted molar refractivity (Wildman–Crippen MR) is 132 cm³/mol. The lowest BCUT2D eigenvalue weighted by molar-refractivity contribution is -0.113. The van der Waals surface area contributed by atoms with Crippen molar-refractivity contribution in [2.45, 2.75) is 38.4 Å². The fraction of sp³-hybridized carbons (Fsp3) is 0.391. The fourth-order valence-corrected chi connectivity index (χ4v) is 5.19. The minimum absolute atomic E-state index is 0.0199. The number of amides is 1. The van der Waals surface area contributed by atoms with Crippen LogP contribution < -0.4 is 10.9 Å². The summed E-state index contributed by atoms with van der Waals surface area (Å²) in [6.07, 6.45) is 0.742. The van der Waals surface area contributed by atoms with Gasteiger partial charge in [0.25, 0.3) is 5.56 Å². The average Bonchev–Trinajstić information content (AvgIpc) is 3.21. The predicted octanol–water partition coefficient (Wildman–Crippen LogP) is 4.14. The molecule has 2 aromatic heterocycles. The summed E-state index contributed by atoms with van der Waals surface area (Å²) in [7, 11) is 1.57. The van der Waals surface area contributed by atoms with Crippen molar-refractivity contribution in [2.75, 3.05) is 31.4 Å². The number of esters is 1. The molecule has 0 aliphatic heterocycles. The molecule has 0 spiro atoms. The number of carbonyl (C=O) groups is 2. The molecule has 176 valence electrons. The highest BCUT2D eigenvalue weighted by Gasteiger charge is 2.21. The Hall–Kier alpha value is -2.69. The SMILES string of the molecule is CCOC(=O)c1cc(CC)sc1NC(=O)CSc1nc2ccccc2c(=O)n1C(C)COC. The van der Waals surface area contributed by atoms with Crippen LogP contribution in [0, 0.1) is 0 Å². The topological polar surface area (TPSA) is 99.5 Å². The zero-order valence-corrected chi connectivity index (χ0v) is 20.7. The number of nitrogens with zero attached hydrogens (tertiary/aromatic N) is 2. The number of benzene rings is 1. The van der Waals surface area contributed by atoms with Gasteiger partial charge >= 0.3 is 5.97 Å². The zero-order valence-electron chi connectivity index (χ0n) is 19.0. The number of para-hydroxylation sites is 1. The highest BCUT2D eigenvalue weighted by atomic mass is 32.2. The largest absolute Gasteiger partial charge is 0.462 e. The van der Waals surface area contributed by atoms with Crippen LogP contribution in [0.5, 0.6) is 0 Å². The lowest BCUT2D eigenvalue weighted by Gasteiger charge is -2.18. The summed E-state index contributed by atoms with van der Waals surface area (Å²) in [6.45, 7) is 6.17. The van der Waals surface area contributed by atoms with E-state index in [0.29, 0.717) is 33.2 Å². The number of hydrogen-bond donors (Lipinski definition) is 1. The maximum atomic E-state index is 13.1. The molecule has 0 saturated carbocycles. The summed E-state index contributed by atoms with van der Waals surface area (Å²) >= 11 is 2.52. The molecule has 33 heavy (non-hydrogen) atoms. The van der Waals surface area contributed by atoms with E-state index in [-0.39, 0.29) is 29.9 Å². The Morgan fingerprint density at radius 2 is 2.03 bits per heavy atom. The number of hydrogen-bond acceptors (Lipinski definition) is 8. The van der Waals surface area contributed by atoms with Gasteiger partial charge in [-0.3, -0.25) is 14.2 Å². The van der Waals surface area contributed by atoms with Gasteiger partial charge in [-0.2, -0.15) is 0 Å². The van der Waals surface area contributed by atoms with Crippen molar-refractivity contribution in [3.8, 4) is 0 Å². The van der Waals surface area contributed by atoms with Gasteiger partial charge in [-0.05, 0) is 38.5 Å². The van der Waals surface area contributed by atoms with Crippen LogP contribution in [0.2, 0.25) is 0 Å². The molecule has 3 rings (SSSR count). The van der Waals surface area contributed by atoms with Gasteiger partial charge in [0.1, 0.15) is 5.00 Å². The van der Waals surface area contributed by atoms with Crippen LogP contribution in [0.1, 0.15) is 42.0 Å². The van der Waals surface area contributed by atoms with Crippen LogP contribution in [0.25, 0.3) is 10.9 Å². The Balaban J connectivity index is 1.84. The quantitative estimate of drug-likeness (QED) is 0.260. The van der Waals surface area contributed by atoms with E-state index in [1.807, 2.05) is 19.9 Å². The van der Waals surface area contributed by atoms with E-state index < -0.39 is 5.97 Å². The van der Waals surface area contributed by atoms with Crippen molar-refractivity contribution < 1.29 is 19.1 Å². The van der Waals surface area contributed by atoms with Gasteiger partial charge in [0, 0.05) is 12.0 Å². The molecule has 1 N–H and O–H groups in total. The van der Waals surface area contributed by atoms with Gasteiger partial charge in [0.2, 0.25) is 5.91 Å². The molecule has 0 radical (unpaired) electrons. The number of rotatable bonds is 10. The summed E-state index contributed by atoms with van der Waals surface area (Å²) in [5.74, 6) is -0.746. The number of nitrogens with one attached hydrogen (secondary N) is 1. The minimum Gasteiger partial charge on any atom is -0.462 e. The molecule has 8 nitrogen and oxygen atoms in total. The van der Waals surface area contributed by atoms with Crippen molar-refractivity contribution >= 4 is 50.9 Å². The molecule has 3 aromatic rings. The average molecular weight is 490 g/mol. The lowest BCUT2D eigenvalue weighted by atomic mass is 10.2. The number of thiophene rings is 1. The fourth-order valence-electron chi connectivity index (χ4n) is 3.29. The second kappa shape index (κ2) is 11.4. The number of methoxy groups -OCH3 is 1. The summed E-state index contributed by atoms with van der Waals surface area (Å²) in [6, 6.07) is 8.61. The molecule has 0 saturated heterocycles. The number of fused-ring (bicyclic) bond motifs is 1. The third-order valence-corrected chi connectivity index (χ3v) is 6.98.